The summed E-state index contributed by atoms with van der Waals surface area (Å²) in [6.07, 6.45) is 0. The minimum absolute atomic E-state index is 0.463. The Balaban J connectivity index is 2.41. The molecule has 0 fully saturated rings. The lowest BCUT2D eigenvalue weighted by atomic mass is 10.2. The fourth-order valence-corrected chi connectivity index (χ4v) is 1.41. The zero-order valence-corrected chi connectivity index (χ0v) is 9.54. The Morgan fingerprint density at radius 2 is 1.77 bits per heavy atom. The van der Waals surface area contributed by atoms with Crippen LogP contribution in [0.2, 0.25) is 0 Å². The van der Waals surface area contributed by atoms with Crippen LogP contribution in [0.4, 0.5) is 0 Å². The number of benzene rings is 1. The molecule has 0 aliphatic heterocycles. The average molecular weight is 304 g/mol. The van der Waals surface area contributed by atoms with E-state index >= 15 is 0 Å². The Morgan fingerprint density at radius 3 is 2.31 bits per heavy atom. The standard InChI is InChI=1S/C8H4Br2N2O/c9-6-3-1-5(2-4-6)7-11-8(10)12-13-7/h1-4H. The largest absolute Gasteiger partial charge is 0.333 e. The van der Waals surface area contributed by atoms with E-state index in [1.807, 2.05) is 24.3 Å². The van der Waals surface area contributed by atoms with Crippen LogP contribution in [-0.4, -0.2) is 10.1 Å². The van der Waals surface area contributed by atoms with Crippen molar-refractivity contribution in [2.75, 3.05) is 0 Å². The molecule has 2 rings (SSSR count). The van der Waals surface area contributed by atoms with E-state index in [0.717, 1.165) is 10.0 Å². The van der Waals surface area contributed by atoms with Gasteiger partial charge >= 0.3 is 0 Å². The molecular weight excluding hydrogens is 300 g/mol. The molecule has 2 aromatic rings. The molecule has 0 spiro atoms. The molecule has 0 aliphatic carbocycles. The van der Waals surface area contributed by atoms with Gasteiger partial charge in [-0.05, 0) is 45.4 Å². The van der Waals surface area contributed by atoms with Crippen molar-refractivity contribution in [1.82, 2.24) is 10.1 Å². The summed E-state index contributed by atoms with van der Waals surface area (Å²) in [4.78, 5) is 4.03. The maximum absolute atomic E-state index is 4.97. The molecule has 66 valence electrons. The summed E-state index contributed by atoms with van der Waals surface area (Å²) < 4.78 is 6.45. The van der Waals surface area contributed by atoms with Crippen LogP contribution in [0.25, 0.3) is 11.5 Å². The van der Waals surface area contributed by atoms with Crippen LogP contribution in [0, 0.1) is 0 Å². The van der Waals surface area contributed by atoms with Gasteiger partial charge in [0.05, 0.1) is 0 Å². The molecule has 1 heterocycles. The maximum atomic E-state index is 4.97. The first-order valence-corrected chi connectivity index (χ1v) is 5.09. The van der Waals surface area contributed by atoms with Crippen molar-refractivity contribution in [3.8, 4) is 11.5 Å². The smallest absolute Gasteiger partial charge is 0.258 e. The highest BCUT2D eigenvalue weighted by molar-refractivity contribution is 9.10. The van der Waals surface area contributed by atoms with Crippen molar-refractivity contribution in [2.45, 2.75) is 0 Å². The summed E-state index contributed by atoms with van der Waals surface area (Å²) in [5.41, 5.74) is 0.904. The summed E-state index contributed by atoms with van der Waals surface area (Å²) >= 11 is 6.47. The van der Waals surface area contributed by atoms with Crippen LogP contribution >= 0.6 is 31.9 Å². The van der Waals surface area contributed by atoms with E-state index in [2.05, 4.69) is 42.0 Å². The van der Waals surface area contributed by atoms with Gasteiger partial charge < -0.3 is 4.52 Å². The van der Waals surface area contributed by atoms with Crippen molar-refractivity contribution in [3.05, 3.63) is 33.5 Å². The third-order valence-corrected chi connectivity index (χ3v) is 2.34. The molecular formula is C8H4Br2N2O. The van der Waals surface area contributed by atoms with Gasteiger partial charge in [0, 0.05) is 10.0 Å². The molecule has 1 aromatic heterocycles. The van der Waals surface area contributed by atoms with E-state index in [-0.39, 0.29) is 0 Å². The number of hydrogen-bond donors (Lipinski definition) is 0. The molecule has 0 aliphatic rings. The second-order valence-electron chi connectivity index (χ2n) is 2.38. The van der Waals surface area contributed by atoms with Crippen LogP contribution in [0.5, 0.6) is 0 Å². The molecule has 0 saturated heterocycles. The average Bonchev–Trinajstić information content (AvgIpc) is 2.53. The first-order chi connectivity index (χ1) is 6.25. The second kappa shape index (κ2) is 3.59. The van der Waals surface area contributed by atoms with Crippen molar-refractivity contribution in [3.63, 3.8) is 0 Å². The number of aromatic nitrogens is 2. The van der Waals surface area contributed by atoms with Crippen LogP contribution < -0.4 is 0 Å². The van der Waals surface area contributed by atoms with Gasteiger partial charge in [-0.25, -0.2) is 0 Å². The van der Waals surface area contributed by atoms with Gasteiger partial charge in [-0.15, -0.1) is 0 Å². The van der Waals surface area contributed by atoms with Gasteiger partial charge in [-0.1, -0.05) is 15.9 Å². The molecule has 13 heavy (non-hydrogen) atoms. The predicted octanol–water partition coefficient (Wildman–Crippen LogP) is 3.26. The molecule has 3 nitrogen and oxygen atoms in total. The molecule has 0 N–H and O–H groups in total. The third-order valence-electron chi connectivity index (χ3n) is 1.49. The number of rotatable bonds is 1. The van der Waals surface area contributed by atoms with Gasteiger partial charge in [0.2, 0.25) is 4.73 Å². The molecule has 1 aromatic carbocycles. The Bertz CT molecular complexity index is 410. The van der Waals surface area contributed by atoms with Crippen molar-refractivity contribution >= 4 is 31.9 Å². The Morgan fingerprint density at radius 1 is 1.08 bits per heavy atom. The maximum Gasteiger partial charge on any atom is 0.258 e. The summed E-state index contributed by atoms with van der Waals surface area (Å²) in [7, 11) is 0. The van der Waals surface area contributed by atoms with Crippen molar-refractivity contribution < 1.29 is 4.52 Å². The third kappa shape index (κ3) is 1.97. The molecule has 0 radical (unpaired) electrons. The molecule has 0 amide bonds. The van der Waals surface area contributed by atoms with Crippen molar-refractivity contribution in [2.24, 2.45) is 0 Å². The summed E-state index contributed by atoms with van der Waals surface area (Å²) in [5, 5.41) is 3.63. The zero-order valence-electron chi connectivity index (χ0n) is 6.37. The van der Waals surface area contributed by atoms with Gasteiger partial charge in [0.15, 0.2) is 0 Å². The zero-order chi connectivity index (χ0) is 9.26. The lowest BCUT2D eigenvalue weighted by Gasteiger charge is -1.92. The fourth-order valence-electron chi connectivity index (χ4n) is 0.915. The molecule has 0 bridgehead atoms. The van der Waals surface area contributed by atoms with Crippen LogP contribution in [0.15, 0.2) is 38.0 Å². The highest BCUT2D eigenvalue weighted by Gasteiger charge is 2.05. The molecule has 0 unspecified atom stereocenters. The number of hydrogen-bond acceptors (Lipinski definition) is 3. The van der Waals surface area contributed by atoms with E-state index in [1.165, 1.54) is 0 Å². The van der Waals surface area contributed by atoms with E-state index in [0.29, 0.717) is 10.6 Å². The quantitative estimate of drug-likeness (QED) is 0.811. The van der Waals surface area contributed by atoms with Crippen LogP contribution in [0.3, 0.4) is 0 Å². The summed E-state index contributed by atoms with van der Waals surface area (Å²) in [6.45, 7) is 0. The Hall–Kier alpha value is -0.680. The van der Waals surface area contributed by atoms with Gasteiger partial charge in [-0.2, -0.15) is 4.98 Å². The first-order valence-electron chi connectivity index (χ1n) is 3.51. The molecule has 0 atom stereocenters. The lowest BCUT2D eigenvalue weighted by molar-refractivity contribution is 0.426. The minimum atomic E-state index is 0.463. The van der Waals surface area contributed by atoms with Gasteiger partial charge in [0.25, 0.3) is 5.89 Å². The molecule has 5 heteroatoms. The monoisotopic (exact) mass is 302 g/mol. The summed E-state index contributed by atoms with van der Waals surface area (Å²) in [5.74, 6) is 0.513. The second-order valence-corrected chi connectivity index (χ2v) is 4.00. The van der Waals surface area contributed by atoms with E-state index in [4.69, 9.17) is 4.52 Å². The number of halogens is 2. The normalized spacial score (nSPS) is 10.3. The highest BCUT2D eigenvalue weighted by atomic mass is 79.9. The summed E-state index contributed by atoms with van der Waals surface area (Å²) in [6, 6.07) is 7.66. The van der Waals surface area contributed by atoms with E-state index < -0.39 is 0 Å². The number of nitrogens with zero attached hydrogens (tertiary/aromatic N) is 2. The van der Waals surface area contributed by atoms with Crippen molar-refractivity contribution in [1.29, 1.82) is 0 Å². The van der Waals surface area contributed by atoms with Gasteiger partial charge in [-0.3, -0.25) is 0 Å². The Labute approximate surface area is 91.4 Å². The van der Waals surface area contributed by atoms with E-state index in [1.54, 1.807) is 0 Å². The first kappa shape index (κ1) is 8.90. The lowest BCUT2D eigenvalue weighted by Crippen LogP contribution is -1.75. The fraction of sp³-hybridized carbons (Fsp3) is 0. The SMILES string of the molecule is Brc1ccc(-c2nc(Br)no2)cc1. The minimum Gasteiger partial charge on any atom is -0.333 e. The van der Waals surface area contributed by atoms with Crippen LogP contribution in [-0.2, 0) is 0 Å². The van der Waals surface area contributed by atoms with E-state index in [9.17, 15) is 0 Å². The highest BCUT2D eigenvalue weighted by Crippen LogP contribution is 2.20. The molecule has 0 saturated carbocycles. The Kier molecular flexibility index (Phi) is 2.46. The van der Waals surface area contributed by atoms with Crippen LogP contribution in [0.1, 0.15) is 0 Å². The topological polar surface area (TPSA) is 38.9 Å². The van der Waals surface area contributed by atoms with Gasteiger partial charge in [0.1, 0.15) is 0 Å². The predicted molar refractivity (Wildman–Crippen MR) is 55.1 cm³/mol.